The van der Waals surface area contributed by atoms with E-state index in [1.54, 1.807) is 5.19 Å². The van der Waals surface area contributed by atoms with E-state index in [1.807, 2.05) is 36.5 Å². The Balaban J connectivity index is 0.000000373. The molecule has 401 valence electrons. The van der Waals surface area contributed by atoms with Gasteiger partial charge in [0.1, 0.15) is 5.58 Å². The van der Waals surface area contributed by atoms with E-state index in [2.05, 4.69) is 239 Å². The van der Waals surface area contributed by atoms with Gasteiger partial charge in [-0.2, -0.15) is 0 Å². The summed E-state index contributed by atoms with van der Waals surface area (Å²) in [4.78, 5) is 9.82. The topological polar surface area (TPSA) is 43.9 Å². The fourth-order valence-electron chi connectivity index (χ4n) is 12.4. The largest absolute Gasteiger partial charge is 0.501 e. The SMILES string of the molecule is CC(C)(C)c1ccnc(-c2[c-]cccc2)c1.CC(C)C[Si](CC(C)C)(CC(C)C)c1ccc(-c2cc(C(C)C)c(-n3c(-c4[c-]ccc5c4oc4cc6c(ccc7ccccc76)cc45)nc4ccccc43)c(C(C)C)c2)cc1.[Ir]. The van der Waals surface area contributed by atoms with E-state index in [0.29, 0.717) is 17.8 Å². The number of hydrogen-bond donors (Lipinski definition) is 0. The first-order valence-electron chi connectivity index (χ1n) is 28.3. The van der Waals surface area contributed by atoms with Crippen molar-refractivity contribution >= 4 is 67.8 Å². The molecule has 0 aliphatic heterocycles. The minimum atomic E-state index is -1.73. The smallest absolute Gasteiger partial charge is 0.121 e. The second kappa shape index (κ2) is 23.1. The van der Waals surface area contributed by atoms with Gasteiger partial charge in [-0.3, -0.25) is 4.98 Å². The molecule has 0 saturated heterocycles. The minimum absolute atomic E-state index is 0. The second-order valence-corrected chi connectivity index (χ2v) is 29.1. The van der Waals surface area contributed by atoms with Crippen molar-refractivity contribution in [2.45, 2.75) is 125 Å². The van der Waals surface area contributed by atoms with Gasteiger partial charge in [-0.05, 0) is 133 Å². The summed E-state index contributed by atoms with van der Waals surface area (Å²) in [5, 5.41) is 8.67. The average Bonchev–Trinajstić information content (AvgIpc) is 4.21. The van der Waals surface area contributed by atoms with Crippen LogP contribution in [0.5, 0.6) is 0 Å². The molecule has 11 rings (SSSR count). The van der Waals surface area contributed by atoms with Crippen molar-refractivity contribution in [3.05, 3.63) is 193 Å². The molecular formula is C72H77IrN3OSi-2. The number of aromatic nitrogens is 3. The van der Waals surface area contributed by atoms with Gasteiger partial charge in [-0.15, -0.1) is 54.1 Å². The van der Waals surface area contributed by atoms with Crippen molar-refractivity contribution in [3.63, 3.8) is 0 Å². The molecule has 0 spiro atoms. The molecule has 0 atom stereocenters. The van der Waals surface area contributed by atoms with E-state index in [-0.39, 0.29) is 37.4 Å². The molecule has 4 nitrogen and oxygen atoms in total. The van der Waals surface area contributed by atoms with Crippen LogP contribution < -0.4 is 5.19 Å². The maximum absolute atomic E-state index is 6.93. The normalized spacial score (nSPS) is 12.3. The molecule has 11 aromatic rings. The van der Waals surface area contributed by atoms with Gasteiger partial charge in [0, 0.05) is 37.4 Å². The van der Waals surface area contributed by atoms with Crippen LogP contribution in [-0.2, 0) is 25.5 Å². The minimum Gasteiger partial charge on any atom is -0.501 e. The Bertz CT molecular complexity index is 3820. The van der Waals surface area contributed by atoms with Gasteiger partial charge in [0.2, 0.25) is 0 Å². The van der Waals surface area contributed by atoms with Crippen LogP contribution in [0.1, 0.15) is 119 Å². The van der Waals surface area contributed by atoms with Crippen LogP contribution in [0.25, 0.3) is 94.0 Å². The predicted molar refractivity (Wildman–Crippen MR) is 333 cm³/mol. The van der Waals surface area contributed by atoms with Gasteiger partial charge in [0.25, 0.3) is 0 Å². The summed E-state index contributed by atoms with van der Waals surface area (Å²) in [5.74, 6) is 3.46. The van der Waals surface area contributed by atoms with Crippen molar-refractivity contribution in [1.82, 2.24) is 14.5 Å². The molecular weight excluding hydrogens is 1140 g/mol. The molecule has 3 aromatic heterocycles. The number of furan rings is 1. The molecule has 0 fully saturated rings. The first-order valence-corrected chi connectivity index (χ1v) is 30.9. The van der Waals surface area contributed by atoms with Gasteiger partial charge in [-0.25, -0.2) is 0 Å². The third-order valence-electron chi connectivity index (χ3n) is 15.6. The molecule has 0 aliphatic carbocycles. The molecule has 6 heteroatoms. The Morgan fingerprint density at radius 1 is 0.564 bits per heavy atom. The molecule has 3 heterocycles. The maximum Gasteiger partial charge on any atom is 0.121 e. The summed E-state index contributed by atoms with van der Waals surface area (Å²) in [7, 11) is -1.73. The van der Waals surface area contributed by atoms with Gasteiger partial charge in [-0.1, -0.05) is 203 Å². The molecule has 0 N–H and O–H groups in total. The van der Waals surface area contributed by atoms with Crippen molar-refractivity contribution in [2.75, 3.05) is 0 Å². The van der Waals surface area contributed by atoms with Gasteiger partial charge in [0.15, 0.2) is 0 Å². The Labute approximate surface area is 479 Å². The van der Waals surface area contributed by atoms with Crippen molar-refractivity contribution in [1.29, 1.82) is 0 Å². The molecule has 0 unspecified atom stereocenters. The molecule has 78 heavy (non-hydrogen) atoms. The number of pyridine rings is 1. The van der Waals surface area contributed by atoms with Crippen LogP contribution in [0.15, 0.2) is 168 Å². The van der Waals surface area contributed by atoms with Crippen LogP contribution in [0, 0.1) is 29.9 Å². The maximum atomic E-state index is 6.93. The van der Waals surface area contributed by atoms with Crippen molar-refractivity contribution < 1.29 is 24.5 Å². The van der Waals surface area contributed by atoms with E-state index >= 15 is 0 Å². The first-order chi connectivity index (χ1) is 36.9. The molecule has 0 amide bonds. The summed E-state index contributed by atoms with van der Waals surface area (Å²) < 4.78 is 9.34. The Morgan fingerprint density at radius 3 is 1.85 bits per heavy atom. The van der Waals surface area contributed by atoms with Crippen LogP contribution in [0.2, 0.25) is 18.1 Å². The fraction of sp³-hybridized carbons (Fsp3) is 0.306. The van der Waals surface area contributed by atoms with E-state index < -0.39 is 8.07 Å². The first kappa shape index (κ1) is 56.3. The summed E-state index contributed by atoms with van der Waals surface area (Å²) in [5.41, 5.74) is 14.5. The zero-order valence-corrected chi connectivity index (χ0v) is 51.6. The molecule has 1 radical (unpaired) electrons. The van der Waals surface area contributed by atoms with E-state index in [9.17, 15) is 0 Å². The number of nitrogens with zero attached hydrogens (tertiary/aromatic N) is 3. The number of hydrogen-bond acceptors (Lipinski definition) is 3. The molecule has 8 aromatic carbocycles. The van der Waals surface area contributed by atoms with Crippen LogP contribution in [0.3, 0.4) is 0 Å². The molecule has 0 bridgehead atoms. The van der Waals surface area contributed by atoms with E-state index in [0.717, 1.165) is 55.6 Å². The Morgan fingerprint density at radius 2 is 1.21 bits per heavy atom. The third-order valence-corrected chi connectivity index (χ3v) is 21.9. The number of imidazole rings is 1. The monoisotopic (exact) mass is 1220 g/mol. The number of fused-ring (bicyclic) bond motifs is 7. The number of rotatable bonds is 13. The summed E-state index contributed by atoms with van der Waals surface area (Å²) in [6, 6.07) is 68.2. The van der Waals surface area contributed by atoms with Crippen molar-refractivity contribution in [3.8, 4) is 39.5 Å². The van der Waals surface area contributed by atoms with E-state index in [4.69, 9.17) is 9.40 Å². The third kappa shape index (κ3) is 11.4. The zero-order chi connectivity index (χ0) is 54.3. The summed E-state index contributed by atoms with van der Waals surface area (Å²) >= 11 is 0. The van der Waals surface area contributed by atoms with Crippen LogP contribution in [0.4, 0.5) is 0 Å². The van der Waals surface area contributed by atoms with Crippen LogP contribution in [-0.4, -0.2) is 22.6 Å². The standard InChI is InChI=1S/C57H61N2OSi.C15H16N.Ir/c1-35(2)32-61(33-36(3)4,34-37(5)6)44-26-24-40(25-27-44)43-29-48(38(7)8)55(49(30-43)39(9)10)59-53-21-14-13-20-52(53)58-57(59)47-19-15-18-46-51-28-42-23-22-41-16-11-12-17-45(41)50(42)31-54(51)60-56(46)47;1-15(2,3)13-9-10-16-14(11-13)12-7-5-4-6-8-12;/h11-18,20-31,35-39H,32-34H2,1-10H3;4-7,9-11H,1-3H3;/q2*-1;. The molecule has 0 aliphatic rings. The zero-order valence-electron chi connectivity index (χ0n) is 48.2. The second-order valence-electron chi connectivity index (χ2n) is 24.7. The Kier molecular flexibility index (Phi) is 16.7. The van der Waals surface area contributed by atoms with Crippen LogP contribution >= 0.6 is 0 Å². The van der Waals surface area contributed by atoms with Gasteiger partial charge < -0.3 is 14.0 Å². The summed E-state index contributed by atoms with van der Waals surface area (Å²) in [6.07, 6.45) is 1.87. The van der Waals surface area contributed by atoms with Gasteiger partial charge in [0.05, 0.1) is 30.5 Å². The fourth-order valence-corrected chi connectivity index (χ4v) is 19.1. The Hall–Kier alpha value is -6.43. The average molecular weight is 1220 g/mol. The predicted octanol–water partition coefficient (Wildman–Crippen LogP) is 20.1. The van der Waals surface area contributed by atoms with Gasteiger partial charge >= 0.3 is 0 Å². The molecule has 0 saturated carbocycles. The quantitative estimate of drug-likeness (QED) is 0.0656. The number of benzene rings is 8. The van der Waals surface area contributed by atoms with Crippen molar-refractivity contribution in [2.24, 2.45) is 17.8 Å². The number of para-hydroxylation sites is 2. The summed E-state index contributed by atoms with van der Waals surface area (Å²) in [6.45, 7) is 30.5. The van der Waals surface area contributed by atoms with E-state index in [1.165, 1.54) is 73.2 Å².